The highest BCUT2D eigenvalue weighted by Crippen LogP contribution is 2.33. The smallest absolute Gasteiger partial charge is 0.255 e. The summed E-state index contributed by atoms with van der Waals surface area (Å²) in [5, 5.41) is 2.60. The summed E-state index contributed by atoms with van der Waals surface area (Å²) in [6.45, 7) is 0. The van der Waals surface area contributed by atoms with Crippen LogP contribution in [0.25, 0.3) is 0 Å². The van der Waals surface area contributed by atoms with Crippen LogP contribution in [0.4, 0.5) is 0 Å². The Morgan fingerprint density at radius 1 is 1.31 bits per heavy atom. The van der Waals surface area contributed by atoms with Crippen LogP contribution in [0, 0.1) is 0 Å². The van der Waals surface area contributed by atoms with Crippen LogP contribution in [0.15, 0.2) is 29.3 Å². The highest BCUT2D eigenvalue weighted by molar-refractivity contribution is 6.07. The van der Waals surface area contributed by atoms with Crippen LogP contribution in [-0.4, -0.2) is 17.4 Å². The number of aryl methyl sites for hydroxylation is 1. The third-order valence-electron chi connectivity index (χ3n) is 3.41. The molecule has 1 aliphatic carbocycles. The molecule has 82 valence electrons. The second-order valence-electron chi connectivity index (χ2n) is 4.43. The summed E-state index contributed by atoms with van der Waals surface area (Å²) in [6, 6.07) is 8.20. The van der Waals surface area contributed by atoms with Crippen LogP contribution in [0.1, 0.15) is 17.5 Å². The standard InChI is InChI=1S/C12H13N3O/c13-11-14-10(16)12(15-11)6-5-8-3-1-2-4-9(8)7-12/h1-4H,5-7H2,(H3,13,14,15,16). The van der Waals surface area contributed by atoms with Crippen LogP contribution < -0.4 is 11.1 Å². The molecular weight excluding hydrogens is 202 g/mol. The summed E-state index contributed by atoms with van der Waals surface area (Å²) in [5.74, 6) is 0.198. The van der Waals surface area contributed by atoms with Gasteiger partial charge in [0.25, 0.3) is 5.91 Å². The van der Waals surface area contributed by atoms with Crippen molar-refractivity contribution in [1.82, 2.24) is 5.32 Å². The molecule has 3 N–H and O–H groups in total. The van der Waals surface area contributed by atoms with Gasteiger partial charge in [0.05, 0.1) is 0 Å². The van der Waals surface area contributed by atoms with Crippen molar-refractivity contribution < 1.29 is 4.79 Å². The first-order valence-electron chi connectivity index (χ1n) is 5.43. The SMILES string of the molecule is NC1=NC2(CCc3ccccc3C2)C(=O)N1. The summed E-state index contributed by atoms with van der Waals surface area (Å²) >= 11 is 0. The van der Waals surface area contributed by atoms with Gasteiger partial charge in [-0.2, -0.15) is 0 Å². The molecule has 0 fully saturated rings. The molecule has 0 radical (unpaired) electrons. The van der Waals surface area contributed by atoms with Crippen molar-refractivity contribution in [2.45, 2.75) is 24.8 Å². The van der Waals surface area contributed by atoms with Gasteiger partial charge in [-0.3, -0.25) is 10.1 Å². The van der Waals surface area contributed by atoms with E-state index in [4.69, 9.17) is 5.73 Å². The Hall–Kier alpha value is -1.84. The summed E-state index contributed by atoms with van der Waals surface area (Å²) < 4.78 is 0. The maximum absolute atomic E-state index is 11.9. The molecule has 1 unspecified atom stereocenters. The van der Waals surface area contributed by atoms with Crippen LogP contribution in [-0.2, 0) is 17.6 Å². The quantitative estimate of drug-likeness (QED) is 0.656. The van der Waals surface area contributed by atoms with Gasteiger partial charge in [0.2, 0.25) is 0 Å². The monoisotopic (exact) mass is 215 g/mol. The van der Waals surface area contributed by atoms with Gasteiger partial charge in [-0.25, -0.2) is 4.99 Å². The number of carbonyl (C=O) groups is 1. The van der Waals surface area contributed by atoms with Gasteiger partial charge < -0.3 is 5.73 Å². The van der Waals surface area contributed by atoms with E-state index >= 15 is 0 Å². The van der Waals surface area contributed by atoms with Crippen LogP contribution >= 0.6 is 0 Å². The van der Waals surface area contributed by atoms with Gasteiger partial charge in [-0.05, 0) is 24.0 Å². The van der Waals surface area contributed by atoms with Gasteiger partial charge in [-0.15, -0.1) is 0 Å². The Bertz CT molecular complexity index is 495. The molecule has 0 aromatic heterocycles. The van der Waals surface area contributed by atoms with Crippen LogP contribution in [0.5, 0.6) is 0 Å². The molecule has 0 saturated heterocycles. The van der Waals surface area contributed by atoms with Crippen molar-refractivity contribution in [3.05, 3.63) is 35.4 Å². The summed E-state index contributed by atoms with van der Waals surface area (Å²) in [6.07, 6.45) is 2.30. The molecule has 16 heavy (non-hydrogen) atoms. The average Bonchev–Trinajstić information content (AvgIpc) is 2.53. The van der Waals surface area contributed by atoms with Crippen LogP contribution in [0.2, 0.25) is 0 Å². The van der Waals surface area contributed by atoms with Crippen molar-refractivity contribution in [3.63, 3.8) is 0 Å². The molecule has 1 aromatic carbocycles. The van der Waals surface area contributed by atoms with E-state index in [9.17, 15) is 4.79 Å². The average molecular weight is 215 g/mol. The summed E-state index contributed by atoms with van der Waals surface area (Å²) in [7, 11) is 0. The number of fused-ring (bicyclic) bond motifs is 1. The minimum atomic E-state index is -0.640. The molecule has 3 rings (SSSR count). The molecule has 0 saturated carbocycles. The van der Waals surface area contributed by atoms with E-state index in [1.54, 1.807) is 0 Å². The number of benzene rings is 1. The molecule has 4 heteroatoms. The van der Waals surface area contributed by atoms with E-state index < -0.39 is 5.54 Å². The predicted octanol–water partition coefficient (Wildman–Crippen LogP) is 0.359. The van der Waals surface area contributed by atoms with E-state index in [2.05, 4.69) is 22.4 Å². The van der Waals surface area contributed by atoms with Crippen molar-refractivity contribution >= 4 is 11.9 Å². The molecule has 1 atom stereocenters. The van der Waals surface area contributed by atoms with Gasteiger partial charge in [0.15, 0.2) is 5.96 Å². The number of rotatable bonds is 0. The molecule has 1 aromatic rings. The molecule has 1 heterocycles. The number of nitrogens with zero attached hydrogens (tertiary/aromatic N) is 1. The first kappa shape index (κ1) is 9.39. The Morgan fingerprint density at radius 3 is 2.75 bits per heavy atom. The van der Waals surface area contributed by atoms with Crippen LogP contribution in [0.3, 0.4) is 0 Å². The van der Waals surface area contributed by atoms with Gasteiger partial charge >= 0.3 is 0 Å². The van der Waals surface area contributed by atoms with Gasteiger partial charge in [0.1, 0.15) is 5.54 Å². The number of nitrogens with two attached hydrogens (primary N) is 1. The first-order chi connectivity index (χ1) is 7.70. The van der Waals surface area contributed by atoms with Gasteiger partial charge in [0, 0.05) is 6.42 Å². The number of carbonyl (C=O) groups excluding carboxylic acids is 1. The largest absolute Gasteiger partial charge is 0.370 e. The van der Waals surface area contributed by atoms with Crippen molar-refractivity contribution in [2.75, 3.05) is 0 Å². The fraction of sp³-hybridized carbons (Fsp3) is 0.333. The van der Waals surface area contributed by atoms with E-state index in [1.165, 1.54) is 11.1 Å². The number of guanidine groups is 1. The minimum absolute atomic E-state index is 0.0560. The summed E-state index contributed by atoms with van der Waals surface area (Å²) in [4.78, 5) is 16.2. The number of hydrogen-bond donors (Lipinski definition) is 2. The molecule has 0 bridgehead atoms. The summed E-state index contributed by atoms with van der Waals surface area (Å²) in [5.41, 5.74) is 7.46. The molecule has 2 aliphatic rings. The third-order valence-corrected chi connectivity index (χ3v) is 3.41. The zero-order valence-corrected chi connectivity index (χ0v) is 8.86. The fourth-order valence-electron chi connectivity index (χ4n) is 2.55. The van der Waals surface area contributed by atoms with E-state index in [0.717, 1.165) is 12.8 Å². The van der Waals surface area contributed by atoms with Gasteiger partial charge in [-0.1, -0.05) is 24.3 Å². The Balaban J connectivity index is 2.02. The van der Waals surface area contributed by atoms with Crippen molar-refractivity contribution in [2.24, 2.45) is 10.7 Å². The Kier molecular flexibility index (Phi) is 1.80. The minimum Gasteiger partial charge on any atom is -0.370 e. The zero-order chi connectivity index (χ0) is 11.2. The highest BCUT2D eigenvalue weighted by atomic mass is 16.2. The Morgan fingerprint density at radius 2 is 2.06 bits per heavy atom. The number of nitrogens with one attached hydrogen (secondary N) is 1. The molecule has 4 nitrogen and oxygen atoms in total. The van der Waals surface area contributed by atoms with E-state index in [-0.39, 0.29) is 11.9 Å². The highest BCUT2D eigenvalue weighted by Gasteiger charge is 2.45. The maximum Gasteiger partial charge on any atom is 0.255 e. The normalized spacial score (nSPS) is 27.5. The maximum atomic E-state index is 11.9. The predicted molar refractivity (Wildman–Crippen MR) is 61.0 cm³/mol. The number of amides is 1. The lowest BCUT2D eigenvalue weighted by atomic mass is 9.78. The lowest BCUT2D eigenvalue weighted by Crippen LogP contribution is -2.44. The fourth-order valence-corrected chi connectivity index (χ4v) is 2.55. The molecule has 1 aliphatic heterocycles. The topological polar surface area (TPSA) is 67.5 Å². The number of aliphatic imine (C=N–C) groups is 1. The zero-order valence-electron chi connectivity index (χ0n) is 8.86. The number of hydrogen-bond acceptors (Lipinski definition) is 3. The second kappa shape index (κ2) is 3.07. The third kappa shape index (κ3) is 1.23. The van der Waals surface area contributed by atoms with E-state index in [1.807, 2.05) is 12.1 Å². The molecule has 1 spiro atoms. The molecular formula is C12H13N3O. The lowest BCUT2D eigenvalue weighted by Gasteiger charge is -2.29. The van der Waals surface area contributed by atoms with Crippen molar-refractivity contribution in [1.29, 1.82) is 0 Å². The Labute approximate surface area is 93.6 Å². The lowest BCUT2D eigenvalue weighted by molar-refractivity contribution is -0.124. The first-order valence-corrected chi connectivity index (χ1v) is 5.43. The molecule has 1 amide bonds. The van der Waals surface area contributed by atoms with Crippen molar-refractivity contribution in [3.8, 4) is 0 Å². The van der Waals surface area contributed by atoms with E-state index in [0.29, 0.717) is 6.42 Å². The second-order valence-corrected chi connectivity index (χ2v) is 4.43.